The van der Waals surface area contributed by atoms with Crippen molar-refractivity contribution in [3.05, 3.63) is 0 Å². The maximum atomic E-state index is 12.2. The molecule has 3 nitrogen and oxygen atoms in total. The highest BCUT2D eigenvalue weighted by atomic mass is 16.2. The van der Waals surface area contributed by atoms with E-state index in [9.17, 15) is 4.79 Å². The molecule has 0 aliphatic carbocycles. The van der Waals surface area contributed by atoms with E-state index in [1.54, 1.807) is 0 Å². The van der Waals surface area contributed by atoms with Crippen LogP contribution in [0.4, 0.5) is 0 Å². The van der Waals surface area contributed by atoms with Gasteiger partial charge in [0.25, 0.3) is 0 Å². The number of carbonyl (C=O) groups excluding carboxylic acids is 1. The maximum Gasteiger partial charge on any atom is 0.225 e. The van der Waals surface area contributed by atoms with Crippen LogP contribution in [0.2, 0.25) is 0 Å². The highest BCUT2D eigenvalue weighted by molar-refractivity contribution is 5.79. The number of likely N-dealkylation sites (tertiary alicyclic amines) is 1. The van der Waals surface area contributed by atoms with Crippen molar-refractivity contribution in [2.45, 2.75) is 26.7 Å². The summed E-state index contributed by atoms with van der Waals surface area (Å²) in [6, 6.07) is 0. The maximum absolute atomic E-state index is 12.2. The van der Waals surface area contributed by atoms with Crippen LogP contribution < -0.4 is 5.32 Å². The van der Waals surface area contributed by atoms with E-state index in [1.165, 1.54) is 12.8 Å². The summed E-state index contributed by atoms with van der Waals surface area (Å²) in [6.07, 6.45) is 2.46. The van der Waals surface area contributed by atoms with Crippen molar-refractivity contribution in [3.63, 3.8) is 0 Å². The third-order valence-corrected chi connectivity index (χ3v) is 3.88. The van der Waals surface area contributed by atoms with Crippen LogP contribution in [0.5, 0.6) is 0 Å². The summed E-state index contributed by atoms with van der Waals surface area (Å²) in [4.78, 5) is 14.3. The zero-order valence-corrected chi connectivity index (χ0v) is 9.83. The molecule has 2 atom stereocenters. The number of hydrogen-bond donors (Lipinski definition) is 1. The minimum Gasteiger partial charge on any atom is -0.342 e. The lowest BCUT2D eigenvalue weighted by atomic mass is 9.87. The van der Waals surface area contributed by atoms with Gasteiger partial charge in [-0.25, -0.2) is 0 Å². The summed E-state index contributed by atoms with van der Waals surface area (Å²) in [6.45, 7) is 8.34. The van der Waals surface area contributed by atoms with Crippen LogP contribution in [0.25, 0.3) is 0 Å². The average Bonchev–Trinajstić information content (AvgIpc) is 2.14. The second kappa shape index (κ2) is 4.52. The summed E-state index contributed by atoms with van der Waals surface area (Å²) in [7, 11) is 0. The number of nitrogens with one attached hydrogen (secondary N) is 1. The third-order valence-electron chi connectivity index (χ3n) is 3.88. The first-order valence-electron chi connectivity index (χ1n) is 6.18. The van der Waals surface area contributed by atoms with Gasteiger partial charge in [0.05, 0.1) is 0 Å². The number of rotatable bonds is 2. The van der Waals surface area contributed by atoms with Gasteiger partial charge < -0.3 is 10.2 Å². The van der Waals surface area contributed by atoms with Gasteiger partial charge in [0, 0.05) is 19.0 Å². The van der Waals surface area contributed by atoms with Gasteiger partial charge in [0.1, 0.15) is 0 Å². The zero-order valence-electron chi connectivity index (χ0n) is 9.83. The van der Waals surface area contributed by atoms with Gasteiger partial charge in [-0.05, 0) is 37.8 Å². The standard InChI is InChI=1S/C12H22N2O/c1-9-4-3-5-14(8-9)12(15)10(2)11-6-13-7-11/h9-11,13H,3-8H2,1-2H3. The number of hydrogen-bond acceptors (Lipinski definition) is 2. The smallest absolute Gasteiger partial charge is 0.225 e. The zero-order chi connectivity index (χ0) is 10.8. The molecule has 0 aromatic rings. The summed E-state index contributed by atoms with van der Waals surface area (Å²) < 4.78 is 0. The van der Waals surface area contributed by atoms with E-state index in [1.807, 2.05) is 0 Å². The molecule has 2 rings (SSSR count). The normalized spacial score (nSPS) is 29.7. The van der Waals surface area contributed by atoms with E-state index in [0.29, 0.717) is 17.7 Å². The van der Waals surface area contributed by atoms with E-state index in [2.05, 4.69) is 24.1 Å². The lowest BCUT2D eigenvalue weighted by Gasteiger charge is -2.37. The number of piperidine rings is 1. The molecular formula is C12H22N2O. The van der Waals surface area contributed by atoms with Gasteiger partial charge in [0.15, 0.2) is 0 Å². The molecule has 0 radical (unpaired) electrons. The third kappa shape index (κ3) is 2.33. The van der Waals surface area contributed by atoms with Crippen molar-refractivity contribution in [1.82, 2.24) is 10.2 Å². The highest BCUT2D eigenvalue weighted by Crippen LogP contribution is 2.22. The lowest BCUT2D eigenvalue weighted by molar-refractivity contribution is -0.139. The Morgan fingerprint density at radius 1 is 1.47 bits per heavy atom. The van der Waals surface area contributed by atoms with Crippen LogP contribution in [0.15, 0.2) is 0 Å². The van der Waals surface area contributed by atoms with Crippen molar-refractivity contribution < 1.29 is 4.79 Å². The molecule has 0 spiro atoms. The van der Waals surface area contributed by atoms with Crippen LogP contribution in [-0.4, -0.2) is 37.0 Å². The van der Waals surface area contributed by atoms with Crippen molar-refractivity contribution in [1.29, 1.82) is 0 Å². The van der Waals surface area contributed by atoms with Crippen LogP contribution in [0.1, 0.15) is 26.7 Å². The Kier molecular flexibility index (Phi) is 3.29. The number of nitrogens with zero attached hydrogens (tertiary/aromatic N) is 1. The fraction of sp³-hybridized carbons (Fsp3) is 0.917. The van der Waals surface area contributed by atoms with Crippen LogP contribution in [0.3, 0.4) is 0 Å². The summed E-state index contributed by atoms with van der Waals surface area (Å²) >= 11 is 0. The van der Waals surface area contributed by atoms with E-state index >= 15 is 0 Å². The molecule has 1 N–H and O–H groups in total. The molecule has 2 unspecified atom stereocenters. The van der Waals surface area contributed by atoms with Crippen molar-refractivity contribution in [2.75, 3.05) is 26.2 Å². The summed E-state index contributed by atoms with van der Waals surface area (Å²) in [5.41, 5.74) is 0. The topological polar surface area (TPSA) is 32.3 Å². The molecule has 15 heavy (non-hydrogen) atoms. The van der Waals surface area contributed by atoms with Gasteiger partial charge in [-0.3, -0.25) is 4.79 Å². The Balaban J connectivity index is 1.88. The van der Waals surface area contributed by atoms with E-state index in [0.717, 1.165) is 26.2 Å². The molecule has 0 aromatic carbocycles. The number of amides is 1. The summed E-state index contributed by atoms with van der Waals surface area (Å²) in [5.74, 6) is 1.87. The van der Waals surface area contributed by atoms with E-state index < -0.39 is 0 Å². The van der Waals surface area contributed by atoms with Gasteiger partial charge in [0.2, 0.25) is 5.91 Å². The number of carbonyl (C=O) groups is 1. The first-order chi connectivity index (χ1) is 7.18. The van der Waals surface area contributed by atoms with Gasteiger partial charge >= 0.3 is 0 Å². The monoisotopic (exact) mass is 210 g/mol. The molecule has 86 valence electrons. The highest BCUT2D eigenvalue weighted by Gasteiger charge is 2.32. The Bertz CT molecular complexity index is 238. The second-order valence-corrected chi connectivity index (χ2v) is 5.24. The Morgan fingerprint density at radius 2 is 2.20 bits per heavy atom. The molecule has 2 aliphatic heterocycles. The molecule has 0 aromatic heterocycles. The minimum atomic E-state index is 0.219. The quantitative estimate of drug-likeness (QED) is 0.740. The Morgan fingerprint density at radius 3 is 2.73 bits per heavy atom. The van der Waals surface area contributed by atoms with Crippen molar-refractivity contribution in [2.24, 2.45) is 17.8 Å². The van der Waals surface area contributed by atoms with Crippen LogP contribution in [-0.2, 0) is 4.79 Å². The molecule has 0 bridgehead atoms. The molecule has 2 heterocycles. The fourth-order valence-electron chi connectivity index (χ4n) is 2.54. The molecule has 1 amide bonds. The Labute approximate surface area is 92.2 Å². The fourth-order valence-corrected chi connectivity index (χ4v) is 2.54. The predicted molar refractivity (Wildman–Crippen MR) is 60.5 cm³/mol. The molecule has 2 aliphatic rings. The first kappa shape index (κ1) is 10.9. The van der Waals surface area contributed by atoms with Crippen LogP contribution in [0, 0.1) is 17.8 Å². The Hall–Kier alpha value is -0.570. The molecule has 2 fully saturated rings. The average molecular weight is 210 g/mol. The molecule has 3 heteroatoms. The second-order valence-electron chi connectivity index (χ2n) is 5.24. The van der Waals surface area contributed by atoms with E-state index in [4.69, 9.17) is 0 Å². The summed E-state index contributed by atoms with van der Waals surface area (Å²) in [5, 5.41) is 3.24. The van der Waals surface area contributed by atoms with E-state index in [-0.39, 0.29) is 5.92 Å². The largest absolute Gasteiger partial charge is 0.342 e. The molecule has 2 saturated heterocycles. The first-order valence-corrected chi connectivity index (χ1v) is 6.18. The van der Waals surface area contributed by atoms with Crippen LogP contribution >= 0.6 is 0 Å². The van der Waals surface area contributed by atoms with Gasteiger partial charge in [-0.2, -0.15) is 0 Å². The van der Waals surface area contributed by atoms with Crippen molar-refractivity contribution in [3.8, 4) is 0 Å². The lowest BCUT2D eigenvalue weighted by Crippen LogP contribution is -2.51. The predicted octanol–water partition coefficient (Wildman–Crippen LogP) is 1.10. The SMILES string of the molecule is CC1CCCN(C(=O)C(C)C2CNC2)C1. The van der Waals surface area contributed by atoms with Gasteiger partial charge in [-0.15, -0.1) is 0 Å². The molecule has 0 saturated carbocycles. The molecular weight excluding hydrogens is 188 g/mol. The minimum absolute atomic E-state index is 0.219. The van der Waals surface area contributed by atoms with Crippen molar-refractivity contribution >= 4 is 5.91 Å². The van der Waals surface area contributed by atoms with Gasteiger partial charge in [-0.1, -0.05) is 13.8 Å².